The largest absolute Gasteiger partial charge is 0.392 e. The first kappa shape index (κ1) is 14.0. The Hall–Kier alpha value is -1.95. The summed E-state index contributed by atoms with van der Waals surface area (Å²) in [5.41, 5.74) is 4.40. The minimum Gasteiger partial charge on any atom is -0.392 e. The molecule has 0 spiro atoms. The third-order valence-corrected chi connectivity index (χ3v) is 4.21. The first-order valence-electron chi connectivity index (χ1n) is 6.64. The third-order valence-electron chi connectivity index (χ3n) is 4.21. The van der Waals surface area contributed by atoms with E-state index in [4.69, 9.17) is 16.9 Å². The fourth-order valence-electron chi connectivity index (χ4n) is 2.91. The van der Waals surface area contributed by atoms with Crippen molar-refractivity contribution in [2.24, 2.45) is 26.6 Å². The number of nitrogens with zero attached hydrogens (tertiary/aromatic N) is 4. The molecule has 0 aromatic carbocycles. The van der Waals surface area contributed by atoms with E-state index in [0.717, 1.165) is 0 Å². The lowest BCUT2D eigenvalue weighted by molar-refractivity contribution is -0.104. The second kappa shape index (κ2) is 4.80. The van der Waals surface area contributed by atoms with Crippen molar-refractivity contribution < 1.29 is 14.9 Å². The third kappa shape index (κ3) is 1.86. The number of rotatable bonds is 2. The zero-order chi connectivity index (χ0) is 15.2. The first-order chi connectivity index (χ1) is 10.0. The second-order valence-corrected chi connectivity index (χ2v) is 5.39. The van der Waals surface area contributed by atoms with Crippen molar-refractivity contribution in [2.45, 2.75) is 37.1 Å². The van der Waals surface area contributed by atoms with E-state index in [1.807, 2.05) is 0 Å². The number of amidine groups is 1. The predicted molar refractivity (Wildman–Crippen MR) is 76.7 cm³/mol. The van der Waals surface area contributed by atoms with Crippen LogP contribution in [-0.4, -0.2) is 70.4 Å². The highest BCUT2D eigenvalue weighted by molar-refractivity contribution is 5.96. The van der Waals surface area contributed by atoms with E-state index >= 15 is 0 Å². The molecule has 21 heavy (non-hydrogen) atoms. The molecule has 1 saturated heterocycles. The SMILES string of the molecule is C#C[C@]1(CO)O[C@@H](N2C=NC3C(N)=NC=NC32)[C@@H](C)[C@@H]1O. The first-order valence-corrected chi connectivity index (χ1v) is 6.64. The molecule has 112 valence electrons. The summed E-state index contributed by atoms with van der Waals surface area (Å²) >= 11 is 0. The number of fused-ring (bicyclic) bond motifs is 1. The quantitative estimate of drug-likeness (QED) is 0.516. The Morgan fingerprint density at radius 1 is 1.57 bits per heavy atom. The van der Waals surface area contributed by atoms with Crippen LogP contribution in [0.1, 0.15) is 6.92 Å². The predicted octanol–water partition coefficient (Wildman–Crippen LogP) is -1.86. The Morgan fingerprint density at radius 3 is 2.95 bits per heavy atom. The summed E-state index contributed by atoms with van der Waals surface area (Å²) in [6.45, 7) is 1.34. The Morgan fingerprint density at radius 2 is 2.33 bits per heavy atom. The van der Waals surface area contributed by atoms with Gasteiger partial charge < -0.3 is 25.6 Å². The standard InChI is InChI=1S/C13H17N5O3/c1-3-13(4-19)9(20)7(2)12(21-13)18-6-17-8-10(14)15-5-16-11(8)18/h1,5-9,11-12,19-20H,4H2,2H3,(H2,14,15,16)/t7-,8?,9-,11?,12+,13+/m0/s1. The van der Waals surface area contributed by atoms with Crippen LogP contribution >= 0.6 is 0 Å². The Kier molecular flexibility index (Phi) is 3.20. The summed E-state index contributed by atoms with van der Waals surface area (Å²) in [6, 6.07) is -0.363. The highest BCUT2D eigenvalue weighted by Gasteiger charge is 2.55. The molecule has 1 fully saturated rings. The van der Waals surface area contributed by atoms with Gasteiger partial charge in [0, 0.05) is 5.92 Å². The van der Waals surface area contributed by atoms with Crippen molar-refractivity contribution >= 4 is 18.5 Å². The molecule has 0 amide bonds. The summed E-state index contributed by atoms with van der Waals surface area (Å²) < 4.78 is 5.78. The number of nitrogens with two attached hydrogens (primary N) is 1. The molecule has 0 saturated carbocycles. The highest BCUT2D eigenvalue weighted by atomic mass is 16.6. The van der Waals surface area contributed by atoms with Crippen molar-refractivity contribution in [2.75, 3.05) is 6.61 Å². The molecule has 3 aliphatic heterocycles. The Labute approximate surface area is 122 Å². The Balaban J connectivity index is 1.87. The van der Waals surface area contributed by atoms with E-state index in [0.29, 0.717) is 5.84 Å². The van der Waals surface area contributed by atoms with Gasteiger partial charge >= 0.3 is 0 Å². The number of hydrogen-bond donors (Lipinski definition) is 3. The van der Waals surface area contributed by atoms with Crippen molar-refractivity contribution in [3.63, 3.8) is 0 Å². The summed E-state index contributed by atoms with van der Waals surface area (Å²) in [5, 5.41) is 19.8. The van der Waals surface area contributed by atoms with Crippen LogP contribution in [0.25, 0.3) is 0 Å². The lowest BCUT2D eigenvalue weighted by atomic mass is 9.91. The summed E-state index contributed by atoms with van der Waals surface area (Å²) in [6.07, 6.45) is 6.50. The van der Waals surface area contributed by atoms with Gasteiger partial charge in [-0.25, -0.2) is 9.98 Å². The zero-order valence-electron chi connectivity index (χ0n) is 11.5. The maximum absolute atomic E-state index is 10.3. The molecule has 6 atom stereocenters. The second-order valence-electron chi connectivity index (χ2n) is 5.39. The molecule has 3 heterocycles. The molecule has 0 radical (unpaired) electrons. The summed E-state index contributed by atoms with van der Waals surface area (Å²) in [4.78, 5) is 14.2. The minimum absolute atomic E-state index is 0.325. The molecule has 3 aliphatic rings. The molecule has 0 aromatic rings. The van der Waals surface area contributed by atoms with Crippen molar-refractivity contribution in [1.29, 1.82) is 0 Å². The molecule has 0 aromatic heterocycles. The van der Waals surface area contributed by atoms with Crippen LogP contribution in [0.3, 0.4) is 0 Å². The van der Waals surface area contributed by atoms with Gasteiger partial charge in [0.25, 0.3) is 0 Å². The molecule has 0 aliphatic carbocycles. The van der Waals surface area contributed by atoms with Crippen LogP contribution < -0.4 is 5.73 Å². The van der Waals surface area contributed by atoms with Gasteiger partial charge in [-0.1, -0.05) is 12.8 Å². The van der Waals surface area contributed by atoms with Crippen LogP contribution in [0.15, 0.2) is 15.0 Å². The normalized spacial score (nSPS) is 44.6. The minimum atomic E-state index is -1.41. The molecule has 8 nitrogen and oxygen atoms in total. The number of aliphatic imine (C=N–C) groups is 3. The summed E-state index contributed by atoms with van der Waals surface area (Å²) in [7, 11) is 0. The van der Waals surface area contributed by atoms with Gasteiger partial charge in [-0.2, -0.15) is 0 Å². The van der Waals surface area contributed by atoms with Gasteiger partial charge in [-0.05, 0) is 0 Å². The van der Waals surface area contributed by atoms with Gasteiger partial charge in [-0.15, -0.1) is 6.42 Å². The van der Waals surface area contributed by atoms with Gasteiger partial charge in [0.2, 0.25) is 0 Å². The van der Waals surface area contributed by atoms with E-state index < -0.39 is 24.5 Å². The zero-order valence-corrected chi connectivity index (χ0v) is 11.5. The maximum atomic E-state index is 10.3. The average Bonchev–Trinajstić information content (AvgIpc) is 3.02. The Bertz CT molecular complexity index is 569. The van der Waals surface area contributed by atoms with E-state index in [9.17, 15) is 10.2 Å². The average molecular weight is 291 g/mol. The molecule has 2 unspecified atom stereocenters. The molecule has 3 rings (SSSR count). The van der Waals surface area contributed by atoms with Crippen molar-refractivity contribution in [3.05, 3.63) is 0 Å². The van der Waals surface area contributed by atoms with Crippen LogP contribution in [0.4, 0.5) is 0 Å². The van der Waals surface area contributed by atoms with Gasteiger partial charge in [0.15, 0.2) is 11.8 Å². The number of ether oxygens (including phenoxy) is 1. The monoisotopic (exact) mass is 291 g/mol. The fraction of sp³-hybridized carbons (Fsp3) is 0.615. The van der Waals surface area contributed by atoms with E-state index in [1.54, 1.807) is 18.2 Å². The van der Waals surface area contributed by atoms with Crippen molar-refractivity contribution in [3.8, 4) is 12.3 Å². The van der Waals surface area contributed by atoms with Crippen molar-refractivity contribution in [1.82, 2.24) is 4.90 Å². The van der Waals surface area contributed by atoms with Gasteiger partial charge in [0.1, 0.15) is 30.5 Å². The molecular weight excluding hydrogens is 274 g/mol. The number of terminal acetylenes is 1. The van der Waals surface area contributed by atoms with Gasteiger partial charge in [-0.3, -0.25) is 4.99 Å². The molecular formula is C13H17N5O3. The van der Waals surface area contributed by atoms with Gasteiger partial charge in [0.05, 0.1) is 12.9 Å². The van der Waals surface area contributed by atoms with E-state index in [2.05, 4.69) is 20.9 Å². The van der Waals surface area contributed by atoms with Crippen LogP contribution in [0.5, 0.6) is 0 Å². The molecule has 8 heteroatoms. The number of aliphatic hydroxyl groups excluding tert-OH is 2. The molecule has 4 N–H and O–H groups in total. The molecule has 0 bridgehead atoms. The smallest absolute Gasteiger partial charge is 0.179 e. The van der Waals surface area contributed by atoms with Crippen LogP contribution in [-0.2, 0) is 4.74 Å². The maximum Gasteiger partial charge on any atom is 0.179 e. The fourth-order valence-corrected chi connectivity index (χ4v) is 2.91. The lowest BCUT2D eigenvalue weighted by Gasteiger charge is -2.32. The van der Waals surface area contributed by atoms with E-state index in [1.165, 1.54) is 6.34 Å². The van der Waals surface area contributed by atoms with E-state index in [-0.39, 0.29) is 18.1 Å². The van der Waals surface area contributed by atoms with Crippen LogP contribution in [0.2, 0.25) is 0 Å². The van der Waals surface area contributed by atoms with Crippen LogP contribution in [0, 0.1) is 18.3 Å². The number of aliphatic hydroxyl groups is 2. The number of hydrogen-bond acceptors (Lipinski definition) is 8. The highest BCUT2D eigenvalue weighted by Crippen LogP contribution is 2.38. The summed E-state index contributed by atoms with van der Waals surface area (Å²) in [5.74, 6) is 2.42. The lowest BCUT2D eigenvalue weighted by Crippen LogP contribution is -2.49. The topological polar surface area (TPSA) is 116 Å².